The molecule has 1 heteroatoms. The first-order valence-electron chi connectivity index (χ1n) is 7.02. The predicted molar refractivity (Wildman–Crippen MR) is 78.1 cm³/mol. The lowest BCUT2D eigenvalue weighted by Gasteiger charge is -2.30. The van der Waals surface area contributed by atoms with E-state index < -0.39 is 0 Å². The number of aliphatic hydroxyl groups excluding tert-OH is 1. The van der Waals surface area contributed by atoms with Gasteiger partial charge in [-0.2, -0.15) is 0 Å². The van der Waals surface area contributed by atoms with Gasteiger partial charge in [0, 0.05) is 11.3 Å². The Kier molecular flexibility index (Phi) is 3.16. The Labute approximate surface area is 114 Å². The third-order valence-electron chi connectivity index (χ3n) is 4.50. The lowest BCUT2D eigenvalue weighted by molar-refractivity contribution is 0.0995. The maximum atomic E-state index is 10.2. The molecule has 2 aromatic carbocycles. The molecule has 0 saturated heterocycles. The maximum Gasteiger partial charge on any atom is 0.0577 e. The van der Waals surface area contributed by atoms with E-state index in [1.54, 1.807) is 0 Å². The van der Waals surface area contributed by atoms with Crippen molar-refractivity contribution in [3.63, 3.8) is 0 Å². The van der Waals surface area contributed by atoms with E-state index in [1.165, 1.54) is 11.1 Å². The second kappa shape index (κ2) is 4.82. The van der Waals surface area contributed by atoms with Crippen LogP contribution in [0.1, 0.15) is 36.8 Å². The van der Waals surface area contributed by atoms with Crippen molar-refractivity contribution in [3.8, 4) is 0 Å². The smallest absolute Gasteiger partial charge is 0.0577 e. The van der Waals surface area contributed by atoms with E-state index in [-0.39, 0.29) is 11.5 Å². The highest BCUT2D eigenvalue weighted by atomic mass is 16.3. The van der Waals surface area contributed by atoms with Crippen LogP contribution in [0.5, 0.6) is 0 Å². The van der Waals surface area contributed by atoms with Crippen molar-refractivity contribution in [1.29, 1.82) is 0 Å². The second-order valence-corrected chi connectivity index (χ2v) is 5.66. The Bertz CT molecular complexity index is 487. The van der Waals surface area contributed by atoms with Crippen molar-refractivity contribution in [2.24, 2.45) is 5.41 Å². The summed E-state index contributed by atoms with van der Waals surface area (Å²) >= 11 is 0. The molecule has 1 aliphatic rings. The van der Waals surface area contributed by atoms with E-state index in [0.717, 1.165) is 12.8 Å². The maximum absolute atomic E-state index is 10.2. The summed E-state index contributed by atoms with van der Waals surface area (Å²) in [4.78, 5) is 0. The molecule has 2 aromatic rings. The SMILES string of the molecule is CC(O)C1(C(c2ccccc2)c2ccccc2)CC1. The van der Waals surface area contributed by atoms with Crippen molar-refractivity contribution in [3.05, 3.63) is 71.8 Å². The van der Waals surface area contributed by atoms with Crippen LogP contribution in [0.15, 0.2) is 60.7 Å². The lowest BCUT2D eigenvalue weighted by atomic mass is 9.75. The fourth-order valence-electron chi connectivity index (χ4n) is 3.24. The van der Waals surface area contributed by atoms with E-state index in [0.29, 0.717) is 5.92 Å². The van der Waals surface area contributed by atoms with Crippen LogP contribution in [-0.4, -0.2) is 11.2 Å². The summed E-state index contributed by atoms with van der Waals surface area (Å²) in [5.41, 5.74) is 2.65. The van der Waals surface area contributed by atoms with Gasteiger partial charge in [0.05, 0.1) is 6.10 Å². The van der Waals surface area contributed by atoms with Crippen LogP contribution < -0.4 is 0 Å². The van der Waals surface area contributed by atoms with Gasteiger partial charge in [0.2, 0.25) is 0 Å². The van der Waals surface area contributed by atoms with Gasteiger partial charge in [0.1, 0.15) is 0 Å². The van der Waals surface area contributed by atoms with E-state index in [4.69, 9.17) is 0 Å². The van der Waals surface area contributed by atoms with Gasteiger partial charge in [-0.05, 0) is 30.9 Å². The van der Waals surface area contributed by atoms with E-state index in [1.807, 2.05) is 19.1 Å². The van der Waals surface area contributed by atoms with Crippen LogP contribution in [0.25, 0.3) is 0 Å². The zero-order valence-electron chi connectivity index (χ0n) is 11.3. The van der Waals surface area contributed by atoms with Crippen molar-refractivity contribution in [1.82, 2.24) is 0 Å². The fourth-order valence-corrected chi connectivity index (χ4v) is 3.24. The van der Waals surface area contributed by atoms with Crippen LogP contribution in [-0.2, 0) is 0 Å². The molecule has 1 aliphatic carbocycles. The minimum Gasteiger partial charge on any atom is -0.393 e. The van der Waals surface area contributed by atoms with Crippen LogP contribution >= 0.6 is 0 Å². The van der Waals surface area contributed by atoms with E-state index >= 15 is 0 Å². The van der Waals surface area contributed by atoms with Crippen LogP contribution in [0.2, 0.25) is 0 Å². The molecule has 1 atom stereocenters. The van der Waals surface area contributed by atoms with E-state index in [9.17, 15) is 5.11 Å². The molecule has 1 fully saturated rings. The van der Waals surface area contributed by atoms with Gasteiger partial charge in [-0.25, -0.2) is 0 Å². The van der Waals surface area contributed by atoms with Crippen molar-refractivity contribution >= 4 is 0 Å². The molecule has 1 nitrogen and oxygen atoms in total. The van der Waals surface area contributed by atoms with Gasteiger partial charge in [0.15, 0.2) is 0 Å². The molecule has 1 N–H and O–H groups in total. The topological polar surface area (TPSA) is 20.2 Å². The first-order valence-corrected chi connectivity index (χ1v) is 7.02. The third-order valence-corrected chi connectivity index (χ3v) is 4.50. The second-order valence-electron chi connectivity index (χ2n) is 5.66. The first kappa shape index (κ1) is 12.4. The molecule has 1 unspecified atom stereocenters. The Morgan fingerprint density at radius 3 is 1.58 bits per heavy atom. The van der Waals surface area contributed by atoms with Gasteiger partial charge in [-0.15, -0.1) is 0 Å². The summed E-state index contributed by atoms with van der Waals surface area (Å²) < 4.78 is 0. The largest absolute Gasteiger partial charge is 0.393 e. The highest BCUT2D eigenvalue weighted by molar-refractivity contribution is 5.37. The molecule has 0 aliphatic heterocycles. The average molecular weight is 252 g/mol. The lowest BCUT2D eigenvalue weighted by Crippen LogP contribution is -2.26. The number of hydrogen-bond donors (Lipinski definition) is 1. The number of hydrogen-bond acceptors (Lipinski definition) is 1. The Morgan fingerprint density at radius 2 is 1.26 bits per heavy atom. The van der Waals surface area contributed by atoms with Gasteiger partial charge in [-0.1, -0.05) is 60.7 Å². The molecular weight excluding hydrogens is 232 g/mol. The molecule has 0 amide bonds. The number of rotatable bonds is 4. The summed E-state index contributed by atoms with van der Waals surface area (Å²) in [5, 5.41) is 10.2. The highest BCUT2D eigenvalue weighted by Crippen LogP contribution is 2.60. The van der Waals surface area contributed by atoms with Crippen LogP contribution in [0, 0.1) is 5.41 Å². The molecule has 19 heavy (non-hydrogen) atoms. The third kappa shape index (κ3) is 2.19. The van der Waals surface area contributed by atoms with Crippen molar-refractivity contribution in [2.75, 3.05) is 0 Å². The van der Waals surface area contributed by atoms with Crippen molar-refractivity contribution in [2.45, 2.75) is 31.8 Å². The summed E-state index contributed by atoms with van der Waals surface area (Å²) in [6.07, 6.45) is 1.95. The molecule has 0 spiro atoms. The quantitative estimate of drug-likeness (QED) is 0.872. The monoisotopic (exact) mass is 252 g/mol. The minimum absolute atomic E-state index is 0.0305. The van der Waals surface area contributed by atoms with Gasteiger partial charge < -0.3 is 5.11 Å². The van der Waals surface area contributed by atoms with Crippen LogP contribution in [0.4, 0.5) is 0 Å². The number of benzene rings is 2. The van der Waals surface area contributed by atoms with Gasteiger partial charge in [-0.3, -0.25) is 0 Å². The zero-order valence-corrected chi connectivity index (χ0v) is 11.3. The normalized spacial score (nSPS) is 18.3. The summed E-state index contributed by atoms with van der Waals surface area (Å²) in [6, 6.07) is 21.2. The Balaban J connectivity index is 2.07. The molecular formula is C18H20O. The summed E-state index contributed by atoms with van der Waals surface area (Å²) in [6.45, 7) is 1.94. The molecule has 0 aromatic heterocycles. The molecule has 0 bridgehead atoms. The molecule has 3 rings (SSSR count). The molecule has 98 valence electrons. The zero-order chi connectivity index (χ0) is 13.3. The first-order chi connectivity index (χ1) is 9.24. The Hall–Kier alpha value is -1.60. The standard InChI is InChI=1S/C18H20O/c1-14(19)18(12-13-18)17(15-8-4-2-5-9-15)16-10-6-3-7-11-16/h2-11,14,17,19H,12-13H2,1H3. The summed E-state index contributed by atoms with van der Waals surface area (Å²) in [7, 11) is 0. The van der Waals surface area contributed by atoms with Crippen LogP contribution in [0.3, 0.4) is 0 Å². The minimum atomic E-state index is -0.266. The van der Waals surface area contributed by atoms with Gasteiger partial charge in [0.25, 0.3) is 0 Å². The van der Waals surface area contributed by atoms with Gasteiger partial charge >= 0.3 is 0 Å². The fraction of sp³-hybridized carbons (Fsp3) is 0.333. The molecule has 1 saturated carbocycles. The highest BCUT2D eigenvalue weighted by Gasteiger charge is 2.53. The molecule has 0 heterocycles. The average Bonchev–Trinajstić information content (AvgIpc) is 3.23. The molecule has 0 radical (unpaired) electrons. The predicted octanol–water partition coefficient (Wildman–Crippen LogP) is 3.98. The summed E-state index contributed by atoms with van der Waals surface area (Å²) in [5.74, 6) is 0.301. The van der Waals surface area contributed by atoms with Crippen molar-refractivity contribution < 1.29 is 5.11 Å². The number of aliphatic hydroxyl groups is 1. The Morgan fingerprint density at radius 1 is 0.842 bits per heavy atom. The van der Waals surface area contributed by atoms with E-state index in [2.05, 4.69) is 48.5 Å².